The number of rotatable bonds is 25. The first-order chi connectivity index (χ1) is 39.0. The SMILES string of the molecule is CC(C)(C)OC(=O)N1CCCC(c2cc(N(COCC[Si](C)(C)C)COCC[Si](C)(C)C)n3ncc(C#N)c3n2)C1.CC(C)(C)OC(=O)N1CCCC(c2cc(N(COCC[Si](C)(C)C)COCC[Si](C)(C)C)n3ncc(C(N)=NO)c3n2)C1. The molecule has 0 spiro atoms. The van der Waals surface area contributed by atoms with Crippen LogP contribution in [0.4, 0.5) is 21.2 Å². The summed E-state index contributed by atoms with van der Waals surface area (Å²) in [6.45, 7) is 45.5. The van der Waals surface area contributed by atoms with Gasteiger partial charge in [0, 0.05) is 109 Å². The summed E-state index contributed by atoms with van der Waals surface area (Å²) in [7, 11) is -5.03. The number of nitrogens with two attached hydrogens (primary N) is 1. The fourth-order valence-corrected chi connectivity index (χ4v) is 12.1. The summed E-state index contributed by atoms with van der Waals surface area (Å²) in [5.74, 6) is 1.38. The summed E-state index contributed by atoms with van der Waals surface area (Å²) >= 11 is 0. The Morgan fingerprint density at radius 1 is 0.631 bits per heavy atom. The van der Waals surface area contributed by atoms with Gasteiger partial charge in [-0.2, -0.15) is 24.5 Å². The van der Waals surface area contributed by atoms with Crippen LogP contribution in [0.15, 0.2) is 29.7 Å². The summed E-state index contributed by atoms with van der Waals surface area (Å²) in [6, 6.07) is 10.5. The molecule has 2 fully saturated rings. The molecule has 0 aliphatic carbocycles. The predicted octanol–water partition coefficient (Wildman–Crippen LogP) is 11.5. The topological polar surface area (TPSA) is 245 Å². The van der Waals surface area contributed by atoms with Gasteiger partial charge < -0.3 is 59.0 Å². The van der Waals surface area contributed by atoms with Crippen LogP contribution < -0.4 is 15.5 Å². The van der Waals surface area contributed by atoms with Crippen LogP contribution in [0.3, 0.4) is 0 Å². The molecule has 2 atom stereocenters. The quantitative estimate of drug-likeness (QED) is 0.0119. The number of hydrogen-bond acceptors (Lipinski definition) is 17. The van der Waals surface area contributed by atoms with Gasteiger partial charge in [0.2, 0.25) is 0 Å². The van der Waals surface area contributed by atoms with Crippen molar-refractivity contribution < 1.29 is 43.2 Å². The second-order valence-electron chi connectivity index (χ2n) is 29.3. The lowest BCUT2D eigenvalue weighted by Gasteiger charge is -2.34. The lowest BCUT2D eigenvalue weighted by molar-refractivity contribution is 0.0187. The number of oxime groups is 1. The van der Waals surface area contributed by atoms with E-state index in [-0.39, 0.29) is 29.9 Å². The number of fused-ring (bicyclic) bond motifs is 2. The van der Waals surface area contributed by atoms with E-state index in [0.29, 0.717) is 102 Å². The van der Waals surface area contributed by atoms with Crippen LogP contribution in [0.2, 0.25) is 103 Å². The average Bonchev–Trinajstić information content (AvgIpc) is 2.14. The van der Waals surface area contributed by atoms with Crippen molar-refractivity contribution in [3.63, 3.8) is 0 Å². The minimum absolute atomic E-state index is 0.00364. The number of amidine groups is 1. The van der Waals surface area contributed by atoms with Gasteiger partial charge in [-0.1, -0.05) is 83.7 Å². The van der Waals surface area contributed by atoms with Crippen molar-refractivity contribution in [2.75, 3.05) is 89.3 Å². The Balaban J connectivity index is 0.000000308. The van der Waals surface area contributed by atoms with Crippen LogP contribution in [-0.4, -0.2) is 185 Å². The number of nitriles is 1. The van der Waals surface area contributed by atoms with Gasteiger partial charge in [0.05, 0.1) is 29.3 Å². The molecule has 0 radical (unpaired) electrons. The third kappa shape index (κ3) is 22.9. The van der Waals surface area contributed by atoms with Crippen molar-refractivity contribution in [3.8, 4) is 6.07 Å². The molecule has 6 rings (SSSR count). The van der Waals surface area contributed by atoms with Crippen LogP contribution in [0.1, 0.15) is 102 Å². The third-order valence-corrected chi connectivity index (χ3v) is 20.9. The highest BCUT2D eigenvalue weighted by molar-refractivity contribution is 6.77. The second kappa shape index (κ2) is 30.0. The Morgan fingerprint density at radius 2 is 0.988 bits per heavy atom. The molecule has 22 nitrogen and oxygen atoms in total. The average molecular weight is 1240 g/mol. The van der Waals surface area contributed by atoms with Crippen LogP contribution >= 0.6 is 0 Å². The number of amides is 2. The van der Waals surface area contributed by atoms with Gasteiger partial charge in [0.25, 0.3) is 0 Å². The fourth-order valence-electron chi connectivity index (χ4n) is 9.09. The van der Waals surface area contributed by atoms with E-state index >= 15 is 0 Å². The number of carbonyl (C=O) groups is 2. The molecule has 0 bridgehead atoms. The van der Waals surface area contributed by atoms with E-state index in [2.05, 4.69) is 100.0 Å². The minimum atomic E-state index is -1.27. The Morgan fingerprint density at radius 3 is 1.33 bits per heavy atom. The van der Waals surface area contributed by atoms with Crippen LogP contribution in [0.25, 0.3) is 11.3 Å². The van der Waals surface area contributed by atoms with E-state index in [0.717, 1.165) is 72.9 Å². The molecule has 0 aromatic carbocycles. The molecule has 4 aromatic rings. The molecule has 26 heteroatoms. The van der Waals surface area contributed by atoms with Crippen LogP contribution in [0.5, 0.6) is 0 Å². The monoisotopic (exact) mass is 1240 g/mol. The van der Waals surface area contributed by atoms with Crippen molar-refractivity contribution in [2.45, 2.75) is 193 Å². The molecule has 4 aromatic heterocycles. The fraction of sp³-hybridized carbons (Fsp3) is 0.724. The maximum atomic E-state index is 12.9. The summed E-state index contributed by atoms with van der Waals surface area (Å²) in [5, 5.41) is 31.6. The zero-order chi connectivity index (χ0) is 62.4. The van der Waals surface area contributed by atoms with Crippen molar-refractivity contribution in [1.29, 1.82) is 5.26 Å². The van der Waals surface area contributed by atoms with Crippen LogP contribution in [0, 0.1) is 11.3 Å². The highest BCUT2D eigenvalue weighted by Crippen LogP contribution is 2.33. The second-order valence-corrected chi connectivity index (χ2v) is 51.8. The van der Waals surface area contributed by atoms with E-state index in [4.69, 9.17) is 44.1 Å². The maximum Gasteiger partial charge on any atom is 0.410 e. The molecular weight excluding hydrogens is 1140 g/mol. The Kier molecular flexibility index (Phi) is 24.8. The molecular formula is C58H103N13O9Si4. The van der Waals surface area contributed by atoms with Crippen molar-refractivity contribution >= 4 is 73.2 Å². The van der Waals surface area contributed by atoms with Gasteiger partial charge in [0.1, 0.15) is 61.4 Å². The molecule has 470 valence electrons. The minimum Gasteiger partial charge on any atom is -0.444 e. The zero-order valence-corrected chi connectivity index (χ0v) is 58.3. The van der Waals surface area contributed by atoms with Gasteiger partial charge >= 0.3 is 12.2 Å². The molecule has 6 heterocycles. The van der Waals surface area contributed by atoms with E-state index in [9.17, 15) is 20.1 Å². The maximum absolute atomic E-state index is 12.9. The number of nitrogens with zero attached hydrogens (tertiary/aromatic N) is 12. The molecule has 2 unspecified atom stereocenters. The number of hydrogen-bond donors (Lipinski definition) is 2. The summed E-state index contributed by atoms with van der Waals surface area (Å²) in [5.41, 5.74) is 8.32. The van der Waals surface area contributed by atoms with Gasteiger partial charge in [0.15, 0.2) is 17.1 Å². The number of carbonyl (C=O) groups excluding carboxylic acids is 2. The summed E-state index contributed by atoms with van der Waals surface area (Å²) in [4.78, 5) is 43.2. The molecule has 2 aliphatic heterocycles. The lowest BCUT2D eigenvalue weighted by Crippen LogP contribution is -2.42. The number of ether oxygens (including phenoxy) is 6. The molecule has 2 aliphatic rings. The first-order valence-electron chi connectivity index (χ1n) is 30.0. The number of likely N-dealkylation sites (tertiary alicyclic amines) is 2. The smallest absolute Gasteiger partial charge is 0.410 e. The lowest BCUT2D eigenvalue weighted by atomic mass is 9.94. The first-order valence-corrected chi connectivity index (χ1v) is 44.8. The van der Waals surface area contributed by atoms with Crippen LogP contribution in [-0.2, 0) is 28.4 Å². The molecule has 2 saturated heterocycles. The standard InChI is InChI=1S/C29H53N7O5Si2.C29H50N6O4Si2/c1-29(2,3)41-28(37)34-12-10-11-22(19-34)24-17-25(36-27(32-24)23(18-31-36)26(30)33-38)35(20-39-13-15-42(4,5)6)21-40-14-16-43(7,8)9;1-29(2,3)39-28(36)33-12-10-11-23(20-33)25-17-26(35-27(32-25)24(18-30)19-31-35)34(21-37-13-15-40(4,5)6)22-38-14-16-41(7,8)9/h17-18,22,38H,10-16,19-21H2,1-9H3,(H2,30,33);17,19,23H,10-16,20-22H2,1-9H3. The van der Waals surface area contributed by atoms with E-state index < -0.39 is 43.5 Å². The predicted molar refractivity (Wildman–Crippen MR) is 344 cm³/mol. The molecule has 84 heavy (non-hydrogen) atoms. The Hall–Kier alpha value is -5.15. The van der Waals surface area contributed by atoms with Gasteiger partial charge in [-0.25, -0.2) is 19.6 Å². The number of piperidine rings is 2. The van der Waals surface area contributed by atoms with Crippen molar-refractivity contribution in [3.05, 3.63) is 47.0 Å². The first kappa shape index (κ1) is 69.6. The number of anilines is 2. The van der Waals surface area contributed by atoms with Gasteiger partial charge in [-0.3, -0.25) is 0 Å². The van der Waals surface area contributed by atoms with Crippen molar-refractivity contribution in [2.24, 2.45) is 10.9 Å². The summed E-state index contributed by atoms with van der Waals surface area (Å²) < 4.78 is 39.5. The Bertz CT molecular complexity index is 2800. The molecule has 3 N–H and O–H groups in total. The zero-order valence-electron chi connectivity index (χ0n) is 54.3. The highest BCUT2D eigenvalue weighted by atomic mass is 28.3. The van der Waals surface area contributed by atoms with Crippen molar-refractivity contribution in [1.82, 2.24) is 39.0 Å². The molecule has 0 saturated carbocycles. The highest BCUT2D eigenvalue weighted by Gasteiger charge is 2.33. The summed E-state index contributed by atoms with van der Waals surface area (Å²) in [6.07, 6.45) is 5.88. The third-order valence-electron chi connectivity index (χ3n) is 14.1. The molecule has 2 amide bonds. The number of aromatic nitrogens is 6. The normalized spacial score (nSPS) is 16.8. The largest absolute Gasteiger partial charge is 0.444 e. The van der Waals surface area contributed by atoms with E-state index in [1.807, 2.05) is 63.5 Å². The van der Waals surface area contributed by atoms with Gasteiger partial charge in [-0.05, 0) is 91.4 Å². The Labute approximate surface area is 504 Å². The van der Waals surface area contributed by atoms with E-state index in [1.54, 1.807) is 31.2 Å². The van der Waals surface area contributed by atoms with E-state index in [1.165, 1.54) is 0 Å². The van der Waals surface area contributed by atoms with Gasteiger partial charge in [-0.15, -0.1) is 0 Å².